The molecule has 1 heterocycles. The Kier molecular flexibility index (Phi) is 3.00. The number of hydrogen-bond donors (Lipinski definition) is 1. The van der Waals surface area contributed by atoms with Crippen LogP contribution in [0.25, 0.3) is 0 Å². The van der Waals surface area contributed by atoms with E-state index in [0.29, 0.717) is 5.56 Å². The van der Waals surface area contributed by atoms with E-state index in [9.17, 15) is 13.6 Å². The molecule has 1 aliphatic rings. The molecular weight excluding hydrogens is 228 g/mol. The molecule has 0 radical (unpaired) electrons. The van der Waals surface area contributed by atoms with Crippen LogP contribution < -0.4 is 0 Å². The van der Waals surface area contributed by atoms with Gasteiger partial charge in [0, 0.05) is 19.4 Å². The number of alkyl halides is 2. The minimum atomic E-state index is -2.79. The Bertz CT molecular complexity index is 408. The van der Waals surface area contributed by atoms with E-state index in [4.69, 9.17) is 5.11 Å². The molecule has 1 amide bonds. The molecule has 0 aliphatic carbocycles. The topological polar surface area (TPSA) is 40.5 Å². The molecule has 2 rings (SSSR count). The Morgan fingerprint density at radius 1 is 1.35 bits per heavy atom. The summed E-state index contributed by atoms with van der Waals surface area (Å²) in [5.41, 5.74) is 0.620. The van der Waals surface area contributed by atoms with Crippen LogP contribution in [-0.2, 0) is 0 Å². The maximum absolute atomic E-state index is 13.4. The average molecular weight is 241 g/mol. The number of carbonyl (C=O) groups is 1. The van der Waals surface area contributed by atoms with Crippen LogP contribution >= 0.6 is 0 Å². The van der Waals surface area contributed by atoms with Crippen LogP contribution in [0.2, 0.25) is 0 Å². The quantitative estimate of drug-likeness (QED) is 0.820. The lowest BCUT2D eigenvalue weighted by molar-refractivity contribution is -0.0722. The van der Waals surface area contributed by atoms with E-state index < -0.39 is 30.9 Å². The highest BCUT2D eigenvalue weighted by Gasteiger charge is 2.42. The van der Waals surface area contributed by atoms with Crippen LogP contribution in [-0.4, -0.2) is 28.6 Å². The van der Waals surface area contributed by atoms with Crippen LogP contribution in [0.3, 0.4) is 0 Å². The first-order valence-electron chi connectivity index (χ1n) is 5.42. The molecule has 3 nitrogen and oxygen atoms in total. The number of carboxylic acid groups (broad SMARTS) is 1. The van der Waals surface area contributed by atoms with E-state index >= 15 is 0 Å². The predicted octanol–water partition coefficient (Wildman–Crippen LogP) is 3.14. The van der Waals surface area contributed by atoms with Gasteiger partial charge in [0.15, 0.2) is 0 Å². The highest BCUT2D eigenvalue weighted by atomic mass is 19.3. The van der Waals surface area contributed by atoms with Crippen molar-refractivity contribution in [2.45, 2.75) is 24.8 Å². The van der Waals surface area contributed by atoms with Gasteiger partial charge in [-0.25, -0.2) is 13.6 Å². The van der Waals surface area contributed by atoms with Crippen molar-refractivity contribution < 1.29 is 18.7 Å². The second-order valence-electron chi connectivity index (χ2n) is 4.21. The minimum absolute atomic E-state index is 0.123. The molecule has 1 aromatic carbocycles. The second kappa shape index (κ2) is 4.31. The van der Waals surface area contributed by atoms with Gasteiger partial charge in [-0.3, -0.25) is 0 Å². The van der Waals surface area contributed by atoms with E-state index in [1.54, 1.807) is 30.3 Å². The summed E-state index contributed by atoms with van der Waals surface area (Å²) in [5.74, 6) is -2.79. The molecule has 5 heteroatoms. The van der Waals surface area contributed by atoms with Crippen molar-refractivity contribution in [3.8, 4) is 0 Å². The molecule has 1 unspecified atom stereocenters. The lowest BCUT2D eigenvalue weighted by atomic mass is 9.93. The Morgan fingerprint density at radius 3 is 2.59 bits per heavy atom. The van der Waals surface area contributed by atoms with Crippen LogP contribution in [0.5, 0.6) is 0 Å². The van der Waals surface area contributed by atoms with Crippen LogP contribution in [0.1, 0.15) is 24.4 Å². The molecule has 92 valence electrons. The van der Waals surface area contributed by atoms with Crippen molar-refractivity contribution in [3.63, 3.8) is 0 Å². The Morgan fingerprint density at radius 2 is 2.00 bits per heavy atom. The summed E-state index contributed by atoms with van der Waals surface area (Å²) in [4.78, 5) is 12.1. The lowest BCUT2D eigenvalue weighted by Gasteiger charge is -2.37. The molecule has 0 aromatic heterocycles. The fraction of sp³-hybridized carbons (Fsp3) is 0.417. The minimum Gasteiger partial charge on any atom is -0.465 e. The van der Waals surface area contributed by atoms with E-state index in [0.717, 1.165) is 4.90 Å². The number of likely N-dealkylation sites (tertiary alicyclic amines) is 1. The van der Waals surface area contributed by atoms with Gasteiger partial charge < -0.3 is 10.0 Å². The smallest absolute Gasteiger partial charge is 0.407 e. The van der Waals surface area contributed by atoms with Gasteiger partial charge in [0.25, 0.3) is 5.92 Å². The Hall–Kier alpha value is -1.65. The number of benzene rings is 1. The van der Waals surface area contributed by atoms with Gasteiger partial charge in [-0.2, -0.15) is 0 Å². The largest absolute Gasteiger partial charge is 0.465 e. The van der Waals surface area contributed by atoms with Gasteiger partial charge in [-0.15, -0.1) is 0 Å². The third kappa shape index (κ3) is 2.54. The normalized spacial score (nSPS) is 23.4. The van der Waals surface area contributed by atoms with Crippen LogP contribution in [0, 0.1) is 0 Å². The first kappa shape index (κ1) is 11.8. The van der Waals surface area contributed by atoms with Crippen molar-refractivity contribution in [2.24, 2.45) is 0 Å². The first-order chi connectivity index (χ1) is 7.99. The molecule has 1 N–H and O–H groups in total. The molecule has 1 aliphatic heterocycles. The Balaban J connectivity index is 2.29. The SMILES string of the molecule is O=C(O)N1CCC(F)(F)CC1c1ccccc1. The number of halogens is 2. The highest BCUT2D eigenvalue weighted by molar-refractivity contribution is 5.66. The molecule has 1 saturated heterocycles. The summed E-state index contributed by atoms with van der Waals surface area (Å²) in [6.45, 7) is -0.123. The summed E-state index contributed by atoms with van der Waals surface area (Å²) in [5, 5.41) is 9.02. The molecule has 1 atom stereocenters. The third-order valence-electron chi connectivity index (χ3n) is 3.02. The molecule has 0 saturated carbocycles. The van der Waals surface area contributed by atoms with Gasteiger partial charge in [0.05, 0.1) is 6.04 Å². The van der Waals surface area contributed by atoms with E-state index in [1.807, 2.05) is 0 Å². The van der Waals surface area contributed by atoms with Gasteiger partial charge >= 0.3 is 6.09 Å². The molecule has 1 fully saturated rings. The maximum Gasteiger partial charge on any atom is 0.407 e. The van der Waals surface area contributed by atoms with Gasteiger partial charge in [0.1, 0.15) is 0 Å². The van der Waals surface area contributed by atoms with Crippen molar-refractivity contribution in [2.75, 3.05) is 6.54 Å². The molecule has 0 spiro atoms. The standard InChI is InChI=1S/C12H13F2NO2/c13-12(14)6-7-15(11(16)17)10(8-12)9-4-2-1-3-5-9/h1-5,10H,6-8H2,(H,16,17). The number of nitrogens with zero attached hydrogens (tertiary/aromatic N) is 1. The van der Waals surface area contributed by atoms with E-state index in [1.165, 1.54) is 0 Å². The summed E-state index contributed by atoms with van der Waals surface area (Å²) in [6.07, 6.45) is -1.99. The van der Waals surface area contributed by atoms with Crippen molar-refractivity contribution in [3.05, 3.63) is 35.9 Å². The lowest BCUT2D eigenvalue weighted by Crippen LogP contribution is -2.44. The zero-order chi connectivity index (χ0) is 12.5. The predicted molar refractivity (Wildman–Crippen MR) is 58.1 cm³/mol. The number of piperidine rings is 1. The monoisotopic (exact) mass is 241 g/mol. The van der Waals surface area contributed by atoms with Crippen LogP contribution in [0.4, 0.5) is 13.6 Å². The summed E-state index contributed by atoms with van der Waals surface area (Å²) in [7, 11) is 0. The van der Waals surface area contributed by atoms with E-state index in [2.05, 4.69) is 0 Å². The molecule has 17 heavy (non-hydrogen) atoms. The number of hydrogen-bond acceptors (Lipinski definition) is 1. The fourth-order valence-corrected chi connectivity index (χ4v) is 2.14. The van der Waals surface area contributed by atoms with Crippen molar-refractivity contribution >= 4 is 6.09 Å². The molecule has 0 bridgehead atoms. The zero-order valence-electron chi connectivity index (χ0n) is 9.14. The summed E-state index contributed by atoms with van der Waals surface area (Å²) >= 11 is 0. The second-order valence-corrected chi connectivity index (χ2v) is 4.21. The summed E-state index contributed by atoms with van der Waals surface area (Å²) in [6, 6.07) is 7.83. The number of amides is 1. The third-order valence-corrected chi connectivity index (χ3v) is 3.02. The van der Waals surface area contributed by atoms with Gasteiger partial charge in [-0.1, -0.05) is 30.3 Å². The van der Waals surface area contributed by atoms with Crippen molar-refractivity contribution in [1.29, 1.82) is 0 Å². The summed E-state index contributed by atoms with van der Waals surface area (Å²) < 4.78 is 26.7. The first-order valence-corrected chi connectivity index (χ1v) is 5.42. The van der Waals surface area contributed by atoms with E-state index in [-0.39, 0.29) is 6.54 Å². The van der Waals surface area contributed by atoms with Gasteiger partial charge in [-0.05, 0) is 5.56 Å². The van der Waals surface area contributed by atoms with Crippen molar-refractivity contribution in [1.82, 2.24) is 4.90 Å². The number of rotatable bonds is 1. The molecule has 1 aromatic rings. The average Bonchev–Trinajstić information content (AvgIpc) is 2.28. The highest BCUT2D eigenvalue weighted by Crippen LogP contribution is 2.39. The van der Waals surface area contributed by atoms with Gasteiger partial charge in [0.2, 0.25) is 0 Å². The zero-order valence-corrected chi connectivity index (χ0v) is 9.14. The fourth-order valence-electron chi connectivity index (χ4n) is 2.14. The van der Waals surface area contributed by atoms with Crippen LogP contribution in [0.15, 0.2) is 30.3 Å². The Labute approximate surface area is 97.7 Å². The maximum atomic E-state index is 13.4. The molecular formula is C12H13F2NO2.